The number of urea groups is 1. The molecule has 102 valence electrons. The van der Waals surface area contributed by atoms with Crippen LogP contribution in [0, 0.1) is 0 Å². The number of rotatable bonds is 4. The number of carbonyl (C=O) groups excluding carboxylic acids is 2. The average molecular weight is 261 g/mol. The standard InChI is InChI=1S/C14H19N3O2/c1-9(13(18)17-14(19)15-2)16-12-8-11(12)10-6-4-3-5-7-10/h3-7,9,11-12,16H,8H2,1-2H3,(H2,15,17,18,19). The summed E-state index contributed by atoms with van der Waals surface area (Å²) in [4.78, 5) is 22.7. The molecule has 0 saturated heterocycles. The molecule has 3 unspecified atom stereocenters. The molecule has 0 bridgehead atoms. The van der Waals surface area contributed by atoms with Crippen molar-refractivity contribution in [2.24, 2.45) is 0 Å². The summed E-state index contributed by atoms with van der Waals surface area (Å²) in [5.41, 5.74) is 1.29. The second-order valence-electron chi connectivity index (χ2n) is 4.82. The first-order chi connectivity index (χ1) is 9.11. The second kappa shape index (κ2) is 5.84. The van der Waals surface area contributed by atoms with E-state index < -0.39 is 6.03 Å². The zero-order valence-corrected chi connectivity index (χ0v) is 11.1. The van der Waals surface area contributed by atoms with Crippen LogP contribution in [0.3, 0.4) is 0 Å². The van der Waals surface area contributed by atoms with E-state index in [9.17, 15) is 9.59 Å². The number of benzene rings is 1. The lowest BCUT2D eigenvalue weighted by molar-refractivity contribution is -0.121. The molecule has 5 heteroatoms. The zero-order valence-electron chi connectivity index (χ0n) is 11.1. The smallest absolute Gasteiger partial charge is 0.321 e. The molecule has 1 aliphatic rings. The van der Waals surface area contributed by atoms with Crippen molar-refractivity contribution < 1.29 is 9.59 Å². The molecular weight excluding hydrogens is 242 g/mol. The Morgan fingerprint density at radius 2 is 1.95 bits per heavy atom. The van der Waals surface area contributed by atoms with Gasteiger partial charge in [-0.3, -0.25) is 10.1 Å². The van der Waals surface area contributed by atoms with Crippen LogP contribution in [0.15, 0.2) is 30.3 Å². The van der Waals surface area contributed by atoms with Crippen LogP contribution in [-0.2, 0) is 4.79 Å². The van der Waals surface area contributed by atoms with E-state index in [4.69, 9.17) is 0 Å². The fourth-order valence-corrected chi connectivity index (χ4v) is 2.13. The van der Waals surface area contributed by atoms with Gasteiger partial charge in [-0.1, -0.05) is 30.3 Å². The molecule has 0 heterocycles. The van der Waals surface area contributed by atoms with Crippen LogP contribution in [0.5, 0.6) is 0 Å². The van der Waals surface area contributed by atoms with Crippen LogP contribution in [0.2, 0.25) is 0 Å². The molecule has 0 aliphatic heterocycles. The van der Waals surface area contributed by atoms with Gasteiger partial charge in [0.05, 0.1) is 6.04 Å². The maximum absolute atomic E-state index is 11.7. The lowest BCUT2D eigenvalue weighted by Crippen LogP contribution is -2.48. The Morgan fingerprint density at radius 1 is 1.26 bits per heavy atom. The molecule has 1 saturated carbocycles. The van der Waals surface area contributed by atoms with E-state index in [1.165, 1.54) is 12.6 Å². The minimum Gasteiger partial charge on any atom is -0.341 e. The Hall–Kier alpha value is -1.88. The molecule has 5 nitrogen and oxygen atoms in total. The number of hydrogen-bond donors (Lipinski definition) is 3. The van der Waals surface area contributed by atoms with Gasteiger partial charge in [0, 0.05) is 19.0 Å². The second-order valence-corrected chi connectivity index (χ2v) is 4.82. The molecule has 2 rings (SSSR count). The molecule has 1 aliphatic carbocycles. The summed E-state index contributed by atoms with van der Waals surface area (Å²) in [6.07, 6.45) is 1.03. The predicted octanol–water partition coefficient (Wildman–Crippen LogP) is 0.976. The summed E-state index contributed by atoms with van der Waals surface area (Å²) >= 11 is 0. The average Bonchev–Trinajstić information content (AvgIpc) is 3.18. The Labute approximate surface area is 112 Å². The third-order valence-corrected chi connectivity index (χ3v) is 3.34. The maximum atomic E-state index is 11.7. The molecular formula is C14H19N3O2. The molecule has 1 fully saturated rings. The fourth-order valence-electron chi connectivity index (χ4n) is 2.13. The van der Waals surface area contributed by atoms with Crippen molar-refractivity contribution in [3.63, 3.8) is 0 Å². The van der Waals surface area contributed by atoms with Gasteiger partial charge < -0.3 is 10.6 Å². The van der Waals surface area contributed by atoms with E-state index in [1.54, 1.807) is 6.92 Å². The highest BCUT2D eigenvalue weighted by molar-refractivity contribution is 5.96. The molecule has 0 aromatic heterocycles. The van der Waals surface area contributed by atoms with Crippen molar-refractivity contribution in [2.45, 2.75) is 31.3 Å². The zero-order chi connectivity index (χ0) is 13.8. The van der Waals surface area contributed by atoms with Crippen LogP contribution < -0.4 is 16.0 Å². The minimum absolute atomic E-state index is 0.307. The number of amides is 3. The Kier molecular flexibility index (Phi) is 4.16. The molecule has 0 spiro atoms. The Bertz CT molecular complexity index is 461. The molecule has 1 aromatic carbocycles. The highest BCUT2D eigenvalue weighted by Crippen LogP contribution is 2.40. The quantitative estimate of drug-likeness (QED) is 0.756. The highest BCUT2D eigenvalue weighted by atomic mass is 16.2. The van der Waals surface area contributed by atoms with Crippen LogP contribution in [-0.4, -0.2) is 31.1 Å². The topological polar surface area (TPSA) is 70.2 Å². The summed E-state index contributed by atoms with van der Waals surface area (Å²) < 4.78 is 0. The summed E-state index contributed by atoms with van der Waals surface area (Å²) in [6, 6.07) is 9.69. The van der Waals surface area contributed by atoms with E-state index in [0.29, 0.717) is 12.0 Å². The van der Waals surface area contributed by atoms with E-state index in [0.717, 1.165) is 6.42 Å². The molecule has 3 amide bonds. The lowest BCUT2D eigenvalue weighted by atomic mass is 10.1. The molecule has 3 atom stereocenters. The van der Waals surface area contributed by atoms with Crippen LogP contribution >= 0.6 is 0 Å². The van der Waals surface area contributed by atoms with Crippen molar-refractivity contribution in [2.75, 3.05) is 7.05 Å². The Balaban J connectivity index is 1.80. The normalized spacial score (nSPS) is 22.4. The van der Waals surface area contributed by atoms with Crippen LogP contribution in [0.1, 0.15) is 24.8 Å². The number of nitrogens with one attached hydrogen (secondary N) is 3. The van der Waals surface area contributed by atoms with Gasteiger partial charge in [0.15, 0.2) is 0 Å². The monoisotopic (exact) mass is 261 g/mol. The molecule has 3 N–H and O–H groups in total. The van der Waals surface area contributed by atoms with Gasteiger partial charge in [0.1, 0.15) is 0 Å². The van der Waals surface area contributed by atoms with Gasteiger partial charge in [-0.15, -0.1) is 0 Å². The van der Waals surface area contributed by atoms with Gasteiger partial charge in [-0.2, -0.15) is 0 Å². The Morgan fingerprint density at radius 3 is 2.58 bits per heavy atom. The van der Waals surface area contributed by atoms with E-state index >= 15 is 0 Å². The maximum Gasteiger partial charge on any atom is 0.321 e. The first-order valence-electron chi connectivity index (χ1n) is 6.45. The predicted molar refractivity (Wildman–Crippen MR) is 72.8 cm³/mol. The van der Waals surface area contributed by atoms with Gasteiger partial charge in [-0.25, -0.2) is 4.79 Å². The molecule has 0 radical (unpaired) electrons. The number of hydrogen-bond acceptors (Lipinski definition) is 3. The van der Waals surface area contributed by atoms with Gasteiger partial charge in [0.25, 0.3) is 0 Å². The summed E-state index contributed by atoms with van der Waals surface area (Å²) in [5.74, 6) is 0.162. The van der Waals surface area contributed by atoms with Crippen molar-refractivity contribution in [3.05, 3.63) is 35.9 Å². The largest absolute Gasteiger partial charge is 0.341 e. The summed E-state index contributed by atoms with van der Waals surface area (Å²) in [7, 11) is 1.48. The minimum atomic E-state index is -0.478. The highest BCUT2D eigenvalue weighted by Gasteiger charge is 2.39. The summed E-state index contributed by atoms with van der Waals surface area (Å²) in [5, 5.41) is 7.86. The van der Waals surface area contributed by atoms with Crippen molar-refractivity contribution in [1.82, 2.24) is 16.0 Å². The van der Waals surface area contributed by atoms with E-state index in [1.807, 2.05) is 18.2 Å². The third kappa shape index (κ3) is 3.54. The van der Waals surface area contributed by atoms with Crippen molar-refractivity contribution in [3.8, 4) is 0 Å². The van der Waals surface area contributed by atoms with E-state index in [-0.39, 0.29) is 11.9 Å². The van der Waals surface area contributed by atoms with Crippen LogP contribution in [0.25, 0.3) is 0 Å². The first-order valence-corrected chi connectivity index (χ1v) is 6.45. The number of imide groups is 1. The SMILES string of the molecule is CNC(=O)NC(=O)C(C)NC1CC1c1ccccc1. The number of carbonyl (C=O) groups is 2. The first kappa shape index (κ1) is 13.5. The van der Waals surface area contributed by atoms with Gasteiger partial charge >= 0.3 is 6.03 Å². The lowest BCUT2D eigenvalue weighted by Gasteiger charge is -2.13. The van der Waals surface area contributed by atoms with Crippen molar-refractivity contribution >= 4 is 11.9 Å². The summed E-state index contributed by atoms with van der Waals surface area (Å²) in [6.45, 7) is 1.76. The van der Waals surface area contributed by atoms with Crippen molar-refractivity contribution in [1.29, 1.82) is 0 Å². The van der Waals surface area contributed by atoms with E-state index in [2.05, 4.69) is 28.1 Å². The molecule has 19 heavy (non-hydrogen) atoms. The third-order valence-electron chi connectivity index (χ3n) is 3.34. The molecule has 1 aromatic rings. The fraction of sp³-hybridized carbons (Fsp3) is 0.429. The van der Waals surface area contributed by atoms with Gasteiger partial charge in [0.2, 0.25) is 5.91 Å². The van der Waals surface area contributed by atoms with Crippen LogP contribution in [0.4, 0.5) is 4.79 Å². The van der Waals surface area contributed by atoms with Gasteiger partial charge in [-0.05, 0) is 18.9 Å².